The number of aliphatic hydroxyl groups excluding tert-OH is 2. The zero-order chi connectivity index (χ0) is 13.3. The standard InChI is InChI=1S/C12H20N2O4/c1-8(15)13-4-2-9(3-5-13)12(18)14-6-10(16)11(17)7-14/h9-11,16-17H,2-7H2,1H3/t10-,11+. The Morgan fingerprint density at radius 2 is 1.50 bits per heavy atom. The third-order valence-electron chi connectivity index (χ3n) is 3.86. The van der Waals surface area contributed by atoms with Crippen LogP contribution in [0.1, 0.15) is 19.8 Å². The molecule has 0 radical (unpaired) electrons. The molecule has 2 rings (SSSR count). The van der Waals surface area contributed by atoms with E-state index in [1.54, 1.807) is 4.90 Å². The monoisotopic (exact) mass is 256 g/mol. The highest BCUT2D eigenvalue weighted by atomic mass is 16.3. The molecule has 102 valence electrons. The Hall–Kier alpha value is -1.14. The lowest BCUT2D eigenvalue weighted by molar-refractivity contribution is -0.139. The second kappa shape index (κ2) is 5.24. The Bertz CT molecular complexity index is 329. The summed E-state index contributed by atoms with van der Waals surface area (Å²) >= 11 is 0. The van der Waals surface area contributed by atoms with Gasteiger partial charge >= 0.3 is 0 Å². The molecule has 2 heterocycles. The summed E-state index contributed by atoms with van der Waals surface area (Å²) in [6.45, 7) is 3.20. The van der Waals surface area contributed by atoms with Crippen LogP contribution in [0.25, 0.3) is 0 Å². The molecule has 0 unspecified atom stereocenters. The van der Waals surface area contributed by atoms with Gasteiger partial charge in [0.25, 0.3) is 0 Å². The first kappa shape index (κ1) is 13.3. The van der Waals surface area contributed by atoms with Gasteiger partial charge < -0.3 is 20.0 Å². The normalized spacial score (nSPS) is 29.7. The molecule has 2 saturated heterocycles. The summed E-state index contributed by atoms with van der Waals surface area (Å²) in [5.74, 6) is -0.0418. The quantitative estimate of drug-likeness (QED) is 0.618. The third kappa shape index (κ3) is 2.64. The predicted molar refractivity (Wildman–Crippen MR) is 63.6 cm³/mol. The van der Waals surface area contributed by atoms with Crippen molar-refractivity contribution < 1.29 is 19.8 Å². The Kier molecular flexibility index (Phi) is 3.87. The van der Waals surface area contributed by atoms with Gasteiger partial charge in [-0.25, -0.2) is 0 Å². The van der Waals surface area contributed by atoms with Crippen LogP contribution in [-0.2, 0) is 9.59 Å². The van der Waals surface area contributed by atoms with Gasteiger partial charge in [-0.2, -0.15) is 0 Å². The van der Waals surface area contributed by atoms with Crippen molar-refractivity contribution in [2.75, 3.05) is 26.2 Å². The molecule has 2 aliphatic rings. The SMILES string of the molecule is CC(=O)N1CCC(C(=O)N2C[C@@H](O)[C@@H](O)C2)CC1. The zero-order valence-corrected chi connectivity index (χ0v) is 10.6. The molecule has 0 bridgehead atoms. The fraction of sp³-hybridized carbons (Fsp3) is 0.833. The van der Waals surface area contributed by atoms with Crippen LogP contribution in [0, 0.1) is 5.92 Å². The van der Waals surface area contributed by atoms with E-state index in [9.17, 15) is 19.8 Å². The van der Waals surface area contributed by atoms with Crippen LogP contribution >= 0.6 is 0 Å². The molecule has 0 aliphatic carbocycles. The Balaban J connectivity index is 1.86. The van der Waals surface area contributed by atoms with E-state index >= 15 is 0 Å². The van der Waals surface area contributed by atoms with Crippen LogP contribution in [0.5, 0.6) is 0 Å². The summed E-state index contributed by atoms with van der Waals surface area (Å²) in [5.41, 5.74) is 0. The van der Waals surface area contributed by atoms with E-state index in [1.807, 2.05) is 0 Å². The topological polar surface area (TPSA) is 81.1 Å². The van der Waals surface area contributed by atoms with Gasteiger partial charge in [0.15, 0.2) is 0 Å². The van der Waals surface area contributed by atoms with Crippen LogP contribution < -0.4 is 0 Å². The number of piperidine rings is 1. The molecule has 2 fully saturated rings. The highest BCUT2D eigenvalue weighted by Gasteiger charge is 2.36. The molecule has 0 spiro atoms. The first-order valence-electron chi connectivity index (χ1n) is 6.39. The molecule has 0 saturated carbocycles. The van der Waals surface area contributed by atoms with Crippen molar-refractivity contribution in [2.24, 2.45) is 5.92 Å². The molecule has 6 heteroatoms. The van der Waals surface area contributed by atoms with Crippen LogP contribution in [0.2, 0.25) is 0 Å². The number of amides is 2. The smallest absolute Gasteiger partial charge is 0.225 e. The summed E-state index contributed by atoms with van der Waals surface area (Å²) in [6.07, 6.45) is -0.320. The van der Waals surface area contributed by atoms with Crippen molar-refractivity contribution in [1.82, 2.24) is 9.80 Å². The Morgan fingerprint density at radius 3 is 1.94 bits per heavy atom. The lowest BCUT2D eigenvalue weighted by Crippen LogP contribution is -2.43. The molecule has 6 nitrogen and oxygen atoms in total. The molecule has 2 aliphatic heterocycles. The number of hydrogen-bond donors (Lipinski definition) is 2. The van der Waals surface area contributed by atoms with Crippen molar-refractivity contribution in [3.05, 3.63) is 0 Å². The first-order valence-corrected chi connectivity index (χ1v) is 6.39. The fourth-order valence-corrected chi connectivity index (χ4v) is 2.65. The largest absolute Gasteiger partial charge is 0.388 e. The maximum Gasteiger partial charge on any atom is 0.225 e. The van der Waals surface area contributed by atoms with E-state index in [4.69, 9.17) is 0 Å². The van der Waals surface area contributed by atoms with E-state index in [0.717, 1.165) is 0 Å². The minimum Gasteiger partial charge on any atom is -0.388 e. The number of β-amino-alcohol motifs (C(OH)–C–C–N with tert-alkyl or cyclic N) is 2. The summed E-state index contributed by atoms with van der Waals surface area (Å²) in [7, 11) is 0. The number of aliphatic hydroxyl groups is 2. The highest BCUT2D eigenvalue weighted by Crippen LogP contribution is 2.22. The number of nitrogens with zero attached hydrogens (tertiary/aromatic N) is 2. The van der Waals surface area contributed by atoms with Gasteiger partial charge in [-0.05, 0) is 12.8 Å². The molecular formula is C12H20N2O4. The zero-order valence-electron chi connectivity index (χ0n) is 10.6. The minimum absolute atomic E-state index is 0.00574. The van der Waals surface area contributed by atoms with Gasteiger partial charge in [0.1, 0.15) is 0 Å². The molecule has 0 aromatic rings. The van der Waals surface area contributed by atoms with Gasteiger partial charge in [-0.1, -0.05) is 0 Å². The Morgan fingerprint density at radius 1 is 1.00 bits per heavy atom. The average molecular weight is 256 g/mol. The molecule has 18 heavy (non-hydrogen) atoms. The number of likely N-dealkylation sites (tertiary alicyclic amines) is 2. The van der Waals surface area contributed by atoms with E-state index in [0.29, 0.717) is 25.9 Å². The summed E-state index contributed by atoms with van der Waals surface area (Å²) in [5, 5.41) is 18.9. The van der Waals surface area contributed by atoms with Crippen molar-refractivity contribution in [2.45, 2.75) is 32.0 Å². The maximum atomic E-state index is 12.2. The molecule has 2 N–H and O–H groups in total. The third-order valence-corrected chi connectivity index (χ3v) is 3.86. The van der Waals surface area contributed by atoms with Crippen LogP contribution in [0.3, 0.4) is 0 Å². The molecule has 2 amide bonds. The van der Waals surface area contributed by atoms with Crippen molar-refractivity contribution >= 4 is 11.8 Å². The van der Waals surface area contributed by atoms with Gasteiger partial charge in [-0.15, -0.1) is 0 Å². The lowest BCUT2D eigenvalue weighted by atomic mass is 9.95. The van der Waals surface area contributed by atoms with Gasteiger partial charge in [0.05, 0.1) is 12.2 Å². The first-order chi connectivity index (χ1) is 8.49. The van der Waals surface area contributed by atoms with Gasteiger partial charge in [0.2, 0.25) is 11.8 Å². The number of carbonyl (C=O) groups excluding carboxylic acids is 2. The van der Waals surface area contributed by atoms with Gasteiger partial charge in [-0.3, -0.25) is 9.59 Å². The van der Waals surface area contributed by atoms with Crippen LogP contribution in [-0.4, -0.2) is 70.2 Å². The maximum absolute atomic E-state index is 12.2. The Labute approximate surface area is 106 Å². The average Bonchev–Trinajstić information content (AvgIpc) is 2.69. The van der Waals surface area contributed by atoms with Crippen LogP contribution in [0.4, 0.5) is 0 Å². The molecule has 2 atom stereocenters. The van der Waals surface area contributed by atoms with Crippen LogP contribution in [0.15, 0.2) is 0 Å². The van der Waals surface area contributed by atoms with E-state index in [-0.39, 0.29) is 30.8 Å². The van der Waals surface area contributed by atoms with E-state index in [2.05, 4.69) is 0 Å². The van der Waals surface area contributed by atoms with Crippen molar-refractivity contribution in [3.63, 3.8) is 0 Å². The van der Waals surface area contributed by atoms with E-state index < -0.39 is 12.2 Å². The molecular weight excluding hydrogens is 236 g/mol. The summed E-state index contributed by atoms with van der Waals surface area (Å²) in [6, 6.07) is 0. The second-order valence-electron chi connectivity index (χ2n) is 5.16. The van der Waals surface area contributed by atoms with E-state index in [1.165, 1.54) is 11.8 Å². The summed E-state index contributed by atoms with van der Waals surface area (Å²) < 4.78 is 0. The highest BCUT2D eigenvalue weighted by molar-refractivity contribution is 5.80. The van der Waals surface area contributed by atoms with Crippen molar-refractivity contribution in [3.8, 4) is 0 Å². The van der Waals surface area contributed by atoms with Gasteiger partial charge in [0, 0.05) is 39.0 Å². The van der Waals surface area contributed by atoms with Crippen molar-refractivity contribution in [1.29, 1.82) is 0 Å². The summed E-state index contributed by atoms with van der Waals surface area (Å²) in [4.78, 5) is 26.6. The minimum atomic E-state index is -0.828. The fourth-order valence-electron chi connectivity index (χ4n) is 2.65. The second-order valence-corrected chi connectivity index (χ2v) is 5.16. The molecule has 0 aromatic heterocycles. The number of hydrogen-bond acceptors (Lipinski definition) is 4. The number of rotatable bonds is 1. The number of carbonyl (C=O) groups is 2. The lowest BCUT2D eigenvalue weighted by Gasteiger charge is -2.32. The molecule has 0 aromatic carbocycles. The predicted octanol–water partition coefficient (Wildman–Crippen LogP) is -1.19.